The summed E-state index contributed by atoms with van der Waals surface area (Å²) in [5.41, 5.74) is 2.17. The SMILES string of the molecule is O=C(C1Cc2cc(Cl)ccc2N1)N1CCNCC1. The van der Waals surface area contributed by atoms with Crippen LogP contribution in [0.15, 0.2) is 18.2 Å². The van der Waals surface area contributed by atoms with Gasteiger partial charge in [-0.2, -0.15) is 0 Å². The summed E-state index contributed by atoms with van der Waals surface area (Å²) >= 11 is 5.97. The molecule has 0 spiro atoms. The van der Waals surface area contributed by atoms with E-state index in [1.165, 1.54) is 0 Å². The van der Waals surface area contributed by atoms with Gasteiger partial charge in [0.2, 0.25) is 5.91 Å². The van der Waals surface area contributed by atoms with Crippen molar-refractivity contribution in [1.29, 1.82) is 0 Å². The minimum Gasteiger partial charge on any atom is -0.373 e. The lowest BCUT2D eigenvalue weighted by atomic mass is 10.1. The van der Waals surface area contributed by atoms with Crippen LogP contribution in [0.5, 0.6) is 0 Å². The Morgan fingerprint density at radius 1 is 1.33 bits per heavy atom. The minimum atomic E-state index is -0.128. The molecule has 2 aliphatic heterocycles. The van der Waals surface area contributed by atoms with Crippen molar-refractivity contribution in [3.05, 3.63) is 28.8 Å². The summed E-state index contributed by atoms with van der Waals surface area (Å²) < 4.78 is 0. The van der Waals surface area contributed by atoms with Crippen LogP contribution in [-0.2, 0) is 11.2 Å². The molecule has 1 atom stereocenters. The molecule has 2 heterocycles. The number of rotatable bonds is 1. The van der Waals surface area contributed by atoms with Crippen molar-refractivity contribution in [3.8, 4) is 0 Å². The van der Waals surface area contributed by atoms with E-state index in [0.29, 0.717) is 0 Å². The maximum Gasteiger partial charge on any atom is 0.245 e. The number of fused-ring (bicyclic) bond motifs is 1. The van der Waals surface area contributed by atoms with Crippen LogP contribution in [-0.4, -0.2) is 43.0 Å². The van der Waals surface area contributed by atoms with Crippen LogP contribution >= 0.6 is 11.6 Å². The van der Waals surface area contributed by atoms with Gasteiger partial charge in [-0.3, -0.25) is 4.79 Å². The van der Waals surface area contributed by atoms with Crippen molar-refractivity contribution in [2.24, 2.45) is 0 Å². The number of halogens is 1. The highest BCUT2D eigenvalue weighted by Crippen LogP contribution is 2.29. The molecule has 1 fully saturated rings. The molecule has 2 aliphatic rings. The summed E-state index contributed by atoms with van der Waals surface area (Å²) in [5, 5.41) is 7.27. The number of hydrogen-bond acceptors (Lipinski definition) is 3. The second-order valence-corrected chi connectivity index (χ2v) is 5.21. The fourth-order valence-corrected chi connectivity index (χ4v) is 2.78. The highest BCUT2D eigenvalue weighted by Gasteiger charge is 2.30. The first-order valence-electron chi connectivity index (χ1n) is 6.28. The lowest BCUT2D eigenvalue weighted by molar-refractivity contribution is -0.132. The lowest BCUT2D eigenvalue weighted by Gasteiger charge is -2.29. The summed E-state index contributed by atoms with van der Waals surface area (Å²) in [4.78, 5) is 14.3. The average Bonchev–Trinajstić information content (AvgIpc) is 2.81. The maximum absolute atomic E-state index is 12.4. The lowest BCUT2D eigenvalue weighted by Crippen LogP contribution is -2.51. The molecule has 2 N–H and O–H groups in total. The Kier molecular flexibility index (Phi) is 3.14. The highest BCUT2D eigenvalue weighted by atomic mass is 35.5. The second-order valence-electron chi connectivity index (χ2n) is 4.78. The number of carbonyl (C=O) groups is 1. The van der Waals surface area contributed by atoms with Crippen molar-refractivity contribution in [3.63, 3.8) is 0 Å². The number of nitrogens with one attached hydrogen (secondary N) is 2. The van der Waals surface area contributed by atoms with Gasteiger partial charge in [-0.15, -0.1) is 0 Å². The summed E-state index contributed by atoms with van der Waals surface area (Å²) in [7, 11) is 0. The molecular formula is C13H16ClN3O. The van der Waals surface area contributed by atoms with Gasteiger partial charge in [-0.1, -0.05) is 11.6 Å². The molecule has 0 aromatic heterocycles. The number of nitrogens with zero attached hydrogens (tertiary/aromatic N) is 1. The van der Waals surface area contributed by atoms with E-state index in [4.69, 9.17) is 11.6 Å². The smallest absolute Gasteiger partial charge is 0.245 e. The fraction of sp³-hybridized carbons (Fsp3) is 0.462. The minimum absolute atomic E-state index is 0.128. The van der Waals surface area contributed by atoms with Gasteiger partial charge in [0.15, 0.2) is 0 Å². The Balaban J connectivity index is 1.71. The second kappa shape index (κ2) is 4.78. The van der Waals surface area contributed by atoms with E-state index < -0.39 is 0 Å². The van der Waals surface area contributed by atoms with Gasteiger partial charge >= 0.3 is 0 Å². The van der Waals surface area contributed by atoms with Gasteiger partial charge in [0.1, 0.15) is 6.04 Å². The van der Waals surface area contributed by atoms with E-state index in [2.05, 4.69) is 10.6 Å². The van der Waals surface area contributed by atoms with Crippen molar-refractivity contribution < 1.29 is 4.79 Å². The van der Waals surface area contributed by atoms with Gasteiger partial charge in [0.25, 0.3) is 0 Å². The third-order valence-electron chi connectivity index (χ3n) is 3.55. The normalized spacial score (nSPS) is 22.5. The zero-order chi connectivity index (χ0) is 12.5. The standard InChI is InChI=1S/C13H16ClN3O/c14-10-1-2-11-9(7-10)8-12(16-11)13(18)17-5-3-15-4-6-17/h1-2,7,12,15-16H,3-6,8H2. The molecule has 1 amide bonds. The molecule has 0 aliphatic carbocycles. The van der Waals surface area contributed by atoms with Gasteiger partial charge in [0, 0.05) is 43.3 Å². The summed E-state index contributed by atoms with van der Waals surface area (Å²) in [5.74, 6) is 0.198. The largest absolute Gasteiger partial charge is 0.373 e. The molecule has 0 bridgehead atoms. The number of anilines is 1. The van der Waals surface area contributed by atoms with Crippen LogP contribution in [0.25, 0.3) is 0 Å². The summed E-state index contributed by atoms with van der Waals surface area (Å²) in [6.45, 7) is 3.37. The van der Waals surface area contributed by atoms with E-state index in [1.54, 1.807) is 0 Å². The molecule has 96 valence electrons. The van der Waals surface area contributed by atoms with Gasteiger partial charge in [-0.25, -0.2) is 0 Å². The molecule has 1 saturated heterocycles. The average molecular weight is 266 g/mol. The predicted molar refractivity (Wildman–Crippen MR) is 72.0 cm³/mol. The molecule has 0 radical (unpaired) electrons. The van der Waals surface area contributed by atoms with Crippen molar-refractivity contribution >= 4 is 23.2 Å². The monoisotopic (exact) mass is 265 g/mol. The van der Waals surface area contributed by atoms with Crippen molar-refractivity contribution in [2.75, 3.05) is 31.5 Å². The van der Waals surface area contributed by atoms with Gasteiger partial charge in [0.05, 0.1) is 0 Å². The Hall–Kier alpha value is -1.26. The van der Waals surface area contributed by atoms with Crippen LogP contribution in [0.4, 0.5) is 5.69 Å². The Morgan fingerprint density at radius 3 is 2.89 bits per heavy atom. The number of piperazine rings is 1. The molecule has 4 nitrogen and oxygen atoms in total. The first-order valence-corrected chi connectivity index (χ1v) is 6.66. The Morgan fingerprint density at radius 2 is 2.11 bits per heavy atom. The van der Waals surface area contributed by atoms with Crippen LogP contribution in [0.1, 0.15) is 5.56 Å². The van der Waals surface area contributed by atoms with Crippen LogP contribution in [0.3, 0.4) is 0 Å². The van der Waals surface area contributed by atoms with Gasteiger partial charge < -0.3 is 15.5 Å². The molecule has 0 saturated carbocycles. The zero-order valence-corrected chi connectivity index (χ0v) is 10.8. The number of amides is 1. The quantitative estimate of drug-likeness (QED) is 0.800. The number of hydrogen-bond donors (Lipinski definition) is 2. The number of carbonyl (C=O) groups excluding carboxylic acids is 1. The van der Waals surface area contributed by atoms with Crippen LogP contribution in [0.2, 0.25) is 5.02 Å². The zero-order valence-electron chi connectivity index (χ0n) is 10.1. The molecule has 5 heteroatoms. The molecule has 1 aromatic carbocycles. The molecule has 1 aromatic rings. The molecule has 1 unspecified atom stereocenters. The topological polar surface area (TPSA) is 44.4 Å². The van der Waals surface area contributed by atoms with Crippen molar-refractivity contribution in [1.82, 2.24) is 10.2 Å². The van der Waals surface area contributed by atoms with Crippen LogP contribution < -0.4 is 10.6 Å². The molecular weight excluding hydrogens is 250 g/mol. The van der Waals surface area contributed by atoms with Gasteiger partial charge in [-0.05, 0) is 23.8 Å². The maximum atomic E-state index is 12.4. The third-order valence-corrected chi connectivity index (χ3v) is 3.78. The summed E-state index contributed by atoms with van der Waals surface area (Å²) in [6, 6.07) is 5.61. The highest BCUT2D eigenvalue weighted by molar-refractivity contribution is 6.30. The first-order chi connectivity index (χ1) is 8.74. The van der Waals surface area contributed by atoms with E-state index in [1.807, 2.05) is 23.1 Å². The summed E-state index contributed by atoms with van der Waals surface area (Å²) in [6.07, 6.45) is 0.735. The van der Waals surface area contributed by atoms with E-state index in [0.717, 1.165) is 48.9 Å². The number of benzene rings is 1. The van der Waals surface area contributed by atoms with E-state index >= 15 is 0 Å². The van der Waals surface area contributed by atoms with Crippen molar-refractivity contribution in [2.45, 2.75) is 12.5 Å². The first kappa shape index (κ1) is 11.8. The molecule has 3 rings (SSSR count). The Bertz CT molecular complexity index is 471. The Labute approximate surface area is 111 Å². The van der Waals surface area contributed by atoms with E-state index in [9.17, 15) is 4.79 Å². The third kappa shape index (κ3) is 2.18. The van der Waals surface area contributed by atoms with E-state index in [-0.39, 0.29) is 11.9 Å². The fourth-order valence-electron chi connectivity index (χ4n) is 2.59. The van der Waals surface area contributed by atoms with Crippen LogP contribution in [0, 0.1) is 0 Å². The molecule has 18 heavy (non-hydrogen) atoms. The predicted octanol–water partition coefficient (Wildman–Crippen LogP) is 1.11.